The summed E-state index contributed by atoms with van der Waals surface area (Å²) in [6, 6.07) is 3.45. The Labute approximate surface area is 122 Å². The van der Waals surface area contributed by atoms with Gasteiger partial charge in [0.05, 0.1) is 17.6 Å². The minimum atomic E-state index is -0.856. The molecule has 1 fully saturated rings. The normalized spacial score (nSPS) is 17.3. The number of piperazine rings is 1. The van der Waals surface area contributed by atoms with Gasteiger partial charge >= 0.3 is 5.69 Å². The fraction of sp³-hybridized carbons (Fsp3) is 0.500. The zero-order valence-electron chi connectivity index (χ0n) is 10.8. The molecule has 1 aromatic rings. The first-order valence-corrected chi connectivity index (χ1v) is 6.13. The summed E-state index contributed by atoms with van der Waals surface area (Å²) in [5.41, 5.74) is 0.0172. The second-order valence-electron chi connectivity index (χ2n) is 4.45. The number of halogens is 2. The van der Waals surface area contributed by atoms with Gasteiger partial charge in [-0.15, -0.1) is 12.4 Å². The van der Waals surface area contributed by atoms with Crippen LogP contribution in [0.15, 0.2) is 18.2 Å². The summed E-state index contributed by atoms with van der Waals surface area (Å²) < 4.78 is 13.3. The second kappa shape index (κ2) is 7.49. The van der Waals surface area contributed by atoms with Gasteiger partial charge in [0.15, 0.2) is 0 Å². The topological polar surface area (TPSA) is 78.6 Å². The summed E-state index contributed by atoms with van der Waals surface area (Å²) in [6.45, 7) is 2.95. The van der Waals surface area contributed by atoms with Gasteiger partial charge in [-0.05, 0) is 11.6 Å². The van der Waals surface area contributed by atoms with E-state index in [-0.39, 0.29) is 25.1 Å². The van der Waals surface area contributed by atoms with Crippen LogP contribution in [-0.4, -0.2) is 47.7 Å². The van der Waals surface area contributed by atoms with Gasteiger partial charge in [0, 0.05) is 32.2 Å². The molecule has 0 unspecified atom stereocenters. The lowest BCUT2D eigenvalue weighted by molar-refractivity contribution is -0.387. The number of nitrogens with zero attached hydrogens (tertiary/aromatic N) is 2. The van der Waals surface area contributed by atoms with E-state index in [0.717, 1.165) is 32.2 Å². The number of nitrogens with one attached hydrogen (secondary N) is 1. The Hall–Kier alpha value is -1.28. The van der Waals surface area contributed by atoms with Crippen molar-refractivity contribution in [1.82, 2.24) is 10.2 Å². The molecule has 1 saturated heterocycles. The van der Waals surface area contributed by atoms with Crippen LogP contribution in [0.5, 0.6) is 0 Å². The number of rotatable bonds is 4. The number of nitro groups is 1. The molecule has 0 amide bonds. The van der Waals surface area contributed by atoms with E-state index in [4.69, 9.17) is 0 Å². The molecule has 0 saturated carbocycles. The summed E-state index contributed by atoms with van der Waals surface area (Å²) in [5.74, 6) is -0.856. The molecular formula is C12H17ClFN3O3. The Bertz CT molecular complexity index is 469. The number of aliphatic hydroxyl groups is 1. The van der Waals surface area contributed by atoms with Crippen LogP contribution in [0.4, 0.5) is 10.1 Å². The second-order valence-corrected chi connectivity index (χ2v) is 4.45. The van der Waals surface area contributed by atoms with Crippen LogP contribution in [0.3, 0.4) is 0 Å². The Morgan fingerprint density at radius 1 is 1.45 bits per heavy atom. The SMILES string of the molecule is Cl.O=[N+]([O-])c1cc([C@@H](CO)N2CCNCC2)ccc1F. The first-order valence-electron chi connectivity index (χ1n) is 6.13. The van der Waals surface area contributed by atoms with Crippen LogP contribution in [0.2, 0.25) is 0 Å². The van der Waals surface area contributed by atoms with Crippen LogP contribution in [0.25, 0.3) is 0 Å². The van der Waals surface area contributed by atoms with E-state index in [0.29, 0.717) is 5.56 Å². The van der Waals surface area contributed by atoms with Crippen molar-refractivity contribution in [2.75, 3.05) is 32.8 Å². The lowest BCUT2D eigenvalue weighted by Gasteiger charge is -2.34. The number of nitro benzene ring substituents is 1. The maximum Gasteiger partial charge on any atom is 0.305 e. The highest BCUT2D eigenvalue weighted by Gasteiger charge is 2.24. The summed E-state index contributed by atoms with van der Waals surface area (Å²) in [5, 5.41) is 23.4. The van der Waals surface area contributed by atoms with Gasteiger partial charge < -0.3 is 10.4 Å². The predicted molar refractivity (Wildman–Crippen MR) is 74.6 cm³/mol. The molecule has 1 heterocycles. The smallest absolute Gasteiger partial charge is 0.305 e. The molecule has 112 valence electrons. The van der Waals surface area contributed by atoms with Gasteiger partial charge in [-0.25, -0.2) is 0 Å². The van der Waals surface area contributed by atoms with E-state index in [1.54, 1.807) is 0 Å². The molecule has 0 spiro atoms. The maximum absolute atomic E-state index is 13.3. The quantitative estimate of drug-likeness (QED) is 0.643. The Morgan fingerprint density at radius 3 is 2.65 bits per heavy atom. The molecular weight excluding hydrogens is 289 g/mol. The van der Waals surface area contributed by atoms with Crippen molar-refractivity contribution < 1.29 is 14.4 Å². The third-order valence-corrected chi connectivity index (χ3v) is 3.32. The first kappa shape index (κ1) is 16.8. The summed E-state index contributed by atoms with van der Waals surface area (Å²) >= 11 is 0. The van der Waals surface area contributed by atoms with Gasteiger partial charge in [0.25, 0.3) is 0 Å². The third-order valence-electron chi connectivity index (χ3n) is 3.32. The monoisotopic (exact) mass is 305 g/mol. The van der Waals surface area contributed by atoms with Crippen molar-refractivity contribution in [1.29, 1.82) is 0 Å². The van der Waals surface area contributed by atoms with E-state index in [1.165, 1.54) is 12.1 Å². The largest absolute Gasteiger partial charge is 0.394 e. The van der Waals surface area contributed by atoms with Crippen LogP contribution in [0.1, 0.15) is 11.6 Å². The van der Waals surface area contributed by atoms with E-state index in [2.05, 4.69) is 5.32 Å². The minimum absolute atomic E-state index is 0. The van der Waals surface area contributed by atoms with Gasteiger partial charge in [-0.1, -0.05) is 6.07 Å². The molecule has 1 aliphatic rings. The van der Waals surface area contributed by atoms with Crippen LogP contribution in [-0.2, 0) is 0 Å². The molecule has 0 aliphatic carbocycles. The van der Waals surface area contributed by atoms with E-state index in [9.17, 15) is 19.6 Å². The zero-order chi connectivity index (χ0) is 13.8. The lowest BCUT2D eigenvalue weighted by Crippen LogP contribution is -2.46. The lowest BCUT2D eigenvalue weighted by atomic mass is 10.0. The van der Waals surface area contributed by atoms with Crippen LogP contribution in [0, 0.1) is 15.9 Å². The Balaban J connectivity index is 0.00000200. The van der Waals surface area contributed by atoms with Gasteiger partial charge in [0.2, 0.25) is 5.82 Å². The third kappa shape index (κ3) is 3.63. The predicted octanol–water partition coefficient (Wildman–Crippen LogP) is 1.09. The fourth-order valence-corrected chi connectivity index (χ4v) is 2.30. The highest BCUT2D eigenvalue weighted by molar-refractivity contribution is 5.85. The summed E-state index contributed by atoms with van der Waals surface area (Å²) in [6.07, 6.45) is 0. The summed E-state index contributed by atoms with van der Waals surface area (Å²) in [4.78, 5) is 12.0. The standard InChI is InChI=1S/C12H16FN3O3.ClH/c13-10-2-1-9(7-11(10)16(18)19)12(8-17)15-5-3-14-4-6-15;/h1-2,7,12,14,17H,3-6,8H2;1H/t12-;/m1./s1. The number of hydrogen-bond acceptors (Lipinski definition) is 5. The first-order chi connectivity index (χ1) is 9.13. The molecule has 20 heavy (non-hydrogen) atoms. The van der Waals surface area contributed by atoms with Crippen molar-refractivity contribution in [3.05, 3.63) is 39.7 Å². The molecule has 1 aromatic carbocycles. The van der Waals surface area contributed by atoms with E-state index >= 15 is 0 Å². The van der Waals surface area contributed by atoms with Gasteiger partial charge in [0.1, 0.15) is 0 Å². The van der Waals surface area contributed by atoms with Crippen molar-refractivity contribution in [3.8, 4) is 0 Å². The van der Waals surface area contributed by atoms with Gasteiger partial charge in [-0.2, -0.15) is 4.39 Å². The van der Waals surface area contributed by atoms with Gasteiger partial charge in [-0.3, -0.25) is 15.0 Å². The molecule has 1 atom stereocenters. The molecule has 1 aliphatic heterocycles. The van der Waals surface area contributed by atoms with Crippen molar-refractivity contribution in [2.45, 2.75) is 6.04 Å². The molecule has 2 rings (SSSR count). The molecule has 0 bridgehead atoms. The zero-order valence-corrected chi connectivity index (χ0v) is 11.6. The fourth-order valence-electron chi connectivity index (χ4n) is 2.30. The average Bonchev–Trinajstić information content (AvgIpc) is 2.42. The maximum atomic E-state index is 13.3. The Kier molecular flexibility index (Phi) is 6.28. The van der Waals surface area contributed by atoms with E-state index < -0.39 is 16.4 Å². The molecule has 6 nitrogen and oxygen atoms in total. The summed E-state index contributed by atoms with van der Waals surface area (Å²) in [7, 11) is 0. The number of aliphatic hydroxyl groups excluding tert-OH is 1. The number of benzene rings is 1. The van der Waals surface area contributed by atoms with Crippen molar-refractivity contribution in [3.63, 3.8) is 0 Å². The highest BCUT2D eigenvalue weighted by Crippen LogP contribution is 2.26. The molecule has 0 aromatic heterocycles. The van der Waals surface area contributed by atoms with Crippen LogP contribution < -0.4 is 5.32 Å². The molecule has 2 N–H and O–H groups in total. The Morgan fingerprint density at radius 2 is 2.10 bits per heavy atom. The average molecular weight is 306 g/mol. The minimum Gasteiger partial charge on any atom is -0.394 e. The molecule has 0 radical (unpaired) electrons. The molecule has 8 heteroatoms. The van der Waals surface area contributed by atoms with Crippen LogP contribution >= 0.6 is 12.4 Å². The van der Waals surface area contributed by atoms with E-state index in [1.807, 2.05) is 4.90 Å². The highest BCUT2D eigenvalue weighted by atomic mass is 35.5. The van der Waals surface area contributed by atoms with Crippen molar-refractivity contribution in [2.24, 2.45) is 0 Å². The number of hydrogen-bond donors (Lipinski definition) is 2. The van der Waals surface area contributed by atoms with Crippen molar-refractivity contribution >= 4 is 18.1 Å².